The minimum absolute atomic E-state index is 0.108. The Morgan fingerprint density at radius 2 is 0.682 bits per heavy atom. The smallest absolute Gasteiger partial charge is 0.294 e. The van der Waals surface area contributed by atoms with Gasteiger partial charge in [-0.3, -0.25) is 24.0 Å². The molecule has 23 nitrogen and oxygen atoms in total. The van der Waals surface area contributed by atoms with Crippen LogP contribution in [-0.4, -0.2) is 77.9 Å². The van der Waals surface area contributed by atoms with Gasteiger partial charge in [0.05, 0.1) is 90.9 Å². The van der Waals surface area contributed by atoms with Crippen molar-refractivity contribution in [1.82, 2.24) is 48.3 Å². The van der Waals surface area contributed by atoms with Gasteiger partial charge in [0.25, 0.3) is 29.5 Å². The summed E-state index contributed by atoms with van der Waals surface area (Å²) in [6.07, 6.45) is 15.8. The largest absolute Gasteiger partial charge is 0.469 e. The highest BCUT2D eigenvalue weighted by atomic mass is 32.1. The number of benzene rings is 10. The van der Waals surface area contributed by atoms with Gasteiger partial charge in [0, 0.05) is 103 Å². The highest BCUT2D eigenvalue weighted by molar-refractivity contribution is 7.12. The van der Waals surface area contributed by atoms with Crippen LogP contribution in [0.4, 0.5) is 28.4 Å². The molecule has 0 saturated heterocycles. The number of fused-ring (bicyclic) bond motifs is 5. The third-order valence-electron chi connectivity index (χ3n) is 22.1. The number of carbonyl (C=O) groups is 5. The van der Waals surface area contributed by atoms with Crippen molar-refractivity contribution in [3.05, 3.63) is 429 Å². The van der Waals surface area contributed by atoms with Crippen molar-refractivity contribution in [3.8, 4) is 0 Å². The third-order valence-corrected chi connectivity index (χ3v) is 23.0. The van der Waals surface area contributed by atoms with Crippen LogP contribution in [0.25, 0.3) is 54.5 Å². The van der Waals surface area contributed by atoms with E-state index < -0.39 is 0 Å². The number of aromatic nitrogens is 10. The van der Waals surface area contributed by atoms with E-state index in [1.54, 1.807) is 49.8 Å². The van der Waals surface area contributed by atoms with Crippen molar-refractivity contribution in [2.45, 2.75) is 88.1 Å². The maximum absolute atomic E-state index is 12.6. The highest BCUT2D eigenvalue weighted by Gasteiger charge is 2.22. The van der Waals surface area contributed by atoms with Gasteiger partial charge in [-0.05, 0) is 132 Å². The van der Waals surface area contributed by atoms with E-state index in [9.17, 15) is 24.0 Å². The number of amides is 5. The van der Waals surface area contributed by atoms with Crippen LogP contribution >= 0.6 is 11.3 Å². The number of hydrogen-bond acceptors (Lipinski definition) is 14. The summed E-state index contributed by atoms with van der Waals surface area (Å²) in [5, 5.41) is 34.9. The normalized spacial score (nSPS) is 10.9. The van der Waals surface area contributed by atoms with E-state index >= 15 is 0 Å². The summed E-state index contributed by atoms with van der Waals surface area (Å²) in [5.41, 5.74) is 25.9. The third kappa shape index (κ3) is 20.9. The van der Waals surface area contributed by atoms with Crippen molar-refractivity contribution < 1.29 is 37.4 Å². The first-order valence-electron chi connectivity index (χ1n) is 42.0. The van der Waals surface area contributed by atoms with E-state index in [0.29, 0.717) is 33.2 Å². The van der Waals surface area contributed by atoms with Crippen molar-refractivity contribution in [1.29, 1.82) is 0 Å². The molecule has 0 saturated carbocycles. The summed E-state index contributed by atoms with van der Waals surface area (Å²) < 4.78 is 25.8. The first kappa shape index (κ1) is 86.2. The minimum atomic E-state index is -0.310. The Hall–Kier alpha value is -16.3. The van der Waals surface area contributed by atoms with Crippen molar-refractivity contribution in [3.63, 3.8) is 0 Å². The number of hydrogen-bond donors (Lipinski definition) is 5. The summed E-state index contributed by atoms with van der Waals surface area (Å²) in [7, 11) is 0. The van der Waals surface area contributed by atoms with E-state index in [1.165, 1.54) is 85.7 Å². The van der Waals surface area contributed by atoms with Gasteiger partial charge in [0.1, 0.15) is 22.5 Å². The topological polar surface area (TPSA) is 274 Å². The number of furan rings is 1. The summed E-state index contributed by atoms with van der Waals surface area (Å²) in [6, 6.07) is 89.3. The number of nitrogens with zero attached hydrogens (tertiary/aromatic N) is 10. The van der Waals surface area contributed by atoms with Crippen LogP contribution in [0.15, 0.2) is 342 Å². The number of rotatable bonds is 20. The molecule has 20 rings (SSSR count). The van der Waals surface area contributed by atoms with Crippen LogP contribution in [0.5, 0.6) is 0 Å². The molecule has 0 aliphatic carbocycles. The van der Waals surface area contributed by atoms with Crippen molar-refractivity contribution in [2.24, 2.45) is 0 Å². The zero-order valence-electron chi connectivity index (χ0n) is 72.4. The molecule has 0 aliphatic heterocycles. The Labute approximate surface area is 748 Å². The first-order chi connectivity index (χ1) is 62.7. The number of thiazole rings is 1. The monoisotopic (exact) mass is 1720 g/mol. The fourth-order valence-electron chi connectivity index (χ4n) is 15.2. The Bertz CT molecular complexity index is 6900. The SMILES string of the molecule is Cc1ccc(Cn2cc(NC(=O)c3cccnn3)c3ccccc32)cc1.Cc1ccc(Cn2cc(NC(=O)c3ccno3)c3ccccc32)cc1.Cc1ccc(Cn2cc(NC(=O)c3ccoc3C)c3ccccc32)cc1.Cc1ccc(Cn2cc(NC(=O)c3conc3C)c3ccccc32)cc1.Cc1ccc(Cn2cc(NC(=O)c3scnc3C)c3ccccc32)cc1. The average Bonchev–Trinajstić information content (AvgIpc) is 1.66. The second kappa shape index (κ2) is 39.7. The number of carbonyl (C=O) groups excluding carboxylic acids is 5. The molecule has 0 radical (unpaired) electrons. The molecule has 0 bridgehead atoms. The molecule has 0 atom stereocenters. The van der Waals surface area contributed by atoms with Gasteiger partial charge in [-0.25, -0.2) is 4.98 Å². The van der Waals surface area contributed by atoms with Gasteiger partial charge < -0.3 is 62.9 Å². The molecule has 129 heavy (non-hydrogen) atoms. The highest BCUT2D eigenvalue weighted by Crippen LogP contribution is 2.34. The van der Waals surface area contributed by atoms with Crippen LogP contribution in [0.3, 0.4) is 0 Å². The number of nitrogens with one attached hydrogen (secondary N) is 5. The summed E-state index contributed by atoms with van der Waals surface area (Å²) in [6.45, 7) is 19.5. The molecule has 0 fully saturated rings. The lowest BCUT2D eigenvalue weighted by Crippen LogP contribution is -2.13. The molecule has 5 amide bonds. The molecule has 0 aliphatic rings. The van der Waals surface area contributed by atoms with E-state index in [2.05, 4.69) is 255 Å². The maximum Gasteiger partial charge on any atom is 0.294 e. The minimum Gasteiger partial charge on any atom is -0.469 e. The van der Waals surface area contributed by atoms with Crippen LogP contribution < -0.4 is 26.6 Å². The lowest BCUT2D eigenvalue weighted by Gasteiger charge is -2.06. The molecule has 5 N–H and O–H groups in total. The zero-order valence-corrected chi connectivity index (χ0v) is 73.2. The molecular formula is C105H93N15O8S. The second-order valence-corrected chi connectivity index (χ2v) is 32.4. The van der Waals surface area contributed by atoms with Gasteiger partial charge in [0.15, 0.2) is 5.69 Å². The quantitative estimate of drug-likeness (QED) is 0.0475. The fourth-order valence-corrected chi connectivity index (χ4v) is 15.9. The van der Waals surface area contributed by atoms with E-state index in [-0.39, 0.29) is 35.3 Å². The maximum atomic E-state index is 12.6. The lowest BCUT2D eigenvalue weighted by atomic mass is 10.1. The van der Waals surface area contributed by atoms with Crippen molar-refractivity contribution >= 4 is 124 Å². The molecule has 24 heteroatoms. The van der Waals surface area contributed by atoms with Crippen molar-refractivity contribution in [2.75, 3.05) is 26.6 Å². The van der Waals surface area contributed by atoms with Gasteiger partial charge in [-0.15, -0.1) is 16.4 Å². The summed E-state index contributed by atoms with van der Waals surface area (Å²) in [4.78, 5) is 67.2. The molecule has 20 aromatic rings. The molecule has 642 valence electrons. The van der Waals surface area contributed by atoms with Crippen LogP contribution in [-0.2, 0) is 32.7 Å². The van der Waals surface area contributed by atoms with Crippen LogP contribution in [0.2, 0.25) is 0 Å². The Kier molecular flexibility index (Phi) is 26.5. The van der Waals surface area contributed by atoms with E-state index in [0.717, 1.165) is 121 Å². The molecular weight excluding hydrogens is 1630 g/mol. The molecule has 10 heterocycles. The lowest BCUT2D eigenvalue weighted by molar-refractivity contribution is 0.0984. The predicted octanol–water partition coefficient (Wildman–Crippen LogP) is 23.0. The number of anilines is 5. The predicted molar refractivity (Wildman–Crippen MR) is 511 cm³/mol. The average molecular weight is 1730 g/mol. The standard InChI is InChI=1S/C22H20N2O2.C21H18N4O.C21H19N3O2.C21H19N3OS.C20H17N3O2/c1-15-7-9-17(10-8-15)13-24-14-20(19-5-3-4-6-21(19)24)23-22(25)18-11-12-26-16(18)2;1-15-8-10-16(11-9-15)13-25-14-19(17-5-2-3-7-20(17)25)23-21(26)18-6-4-12-22-24-18;1-14-7-9-16(10-8-14)11-24-12-19(17-5-3-4-6-20(17)24)22-21(25)18-13-26-23-15(18)2;1-14-7-9-16(10-8-14)11-24-12-18(17-5-3-4-6-19(17)24)23-21(25)20-15(2)22-13-26-20;1-14-6-8-15(9-7-14)12-23-13-17(16-4-2-3-5-18(16)23)22-20(24)19-10-11-21-25-19/h3-12,14H,13H2,1-2H3,(H,23,25);2-12,14H,13H2,1H3,(H,23,26);3-10,12-13H,11H2,1-2H3,(H,22,25);3-10,12-13H,11H2,1-2H3,(H,23,25);2-11,13H,12H2,1H3,(H,22,24). The van der Waals surface area contributed by atoms with Gasteiger partial charge >= 0.3 is 0 Å². The van der Waals surface area contributed by atoms with Gasteiger partial charge in [-0.2, -0.15) is 5.10 Å². The fraction of sp³-hybridized carbons (Fsp3) is 0.124. The molecule has 10 aromatic carbocycles. The van der Waals surface area contributed by atoms with Gasteiger partial charge in [-0.1, -0.05) is 250 Å². The van der Waals surface area contributed by atoms with Crippen LogP contribution in [0, 0.1) is 55.4 Å². The van der Waals surface area contributed by atoms with E-state index in [1.807, 2.05) is 135 Å². The molecule has 10 aromatic heterocycles. The first-order valence-corrected chi connectivity index (χ1v) is 42.9. The Morgan fingerprint density at radius 1 is 0.341 bits per heavy atom. The van der Waals surface area contributed by atoms with E-state index in [4.69, 9.17) is 13.5 Å². The summed E-state index contributed by atoms with van der Waals surface area (Å²) in [5.74, 6) is -0.256. The summed E-state index contributed by atoms with van der Waals surface area (Å²) >= 11 is 1.36. The van der Waals surface area contributed by atoms with Gasteiger partial charge in [0.2, 0.25) is 5.76 Å². The molecule has 0 unspecified atom stereocenters. The zero-order chi connectivity index (χ0) is 89.4. The van der Waals surface area contributed by atoms with Crippen LogP contribution in [0.1, 0.15) is 124 Å². The Balaban J connectivity index is 0.000000118. The number of para-hydroxylation sites is 5. The number of aryl methyl sites for hydroxylation is 8. The second-order valence-electron chi connectivity index (χ2n) is 31.6. The Morgan fingerprint density at radius 3 is 0.984 bits per heavy atom. The molecule has 0 spiro atoms.